The predicted octanol–water partition coefficient (Wildman–Crippen LogP) is 0.961. The Balaban J connectivity index is 2.57. The number of carboxylic acid groups (broad SMARTS) is 1. The number of hydrogen-bond acceptors (Lipinski definition) is 4. The van der Waals surface area contributed by atoms with E-state index in [2.05, 4.69) is 0 Å². The fourth-order valence-electron chi connectivity index (χ4n) is 2.03. The molecule has 2 aromatic rings. The van der Waals surface area contributed by atoms with Crippen molar-refractivity contribution in [3.8, 4) is 5.75 Å². The molecule has 1 heterocycles. The third-order valence-corrected chi connectivity index (χ3v) is 2.97. The highest BCUT2D eigenvalue weighted by atomic mass is 16.4. The van der Waals surface area contributed by atoms with Crippen LogP contribution in [0.5, 0.6) is 5.75 Å². The number of aliphatic carboxylic acids is 1. The molecule has 1 aromatic carbocycles. The molecule has 4 N–H and O–H groups in total. The summed E-state index contributed by atoms with van der Waals surface area (Å²) < 4.78 is 1.42. The van der Waals surface area contributed by atoms with Crippen molar-refractivity contribution in [3.05, 3.63) is 30.0 Å². The summed E-state index contributed by atoms with van der Waals surface area (Å²) in [6, 6.07) is 3.54. The van der Waals surface area contributed by atoms with Gasteiger partial charge in [0.15, 0.2) is 0 Å². The molecule has 0 saturated heterocycles. The Hall–Kier alpha value is -2.34. The molecule has 0 radical (unpaired) electrons. The van der Waals surface area contributed by atoms with Crippen LogP contribution >= 0.6 is 0 Å². The molecule has 6 heteroatoms. The number of carbonyl (C=O) groups excluding carboxylic acids is 1. The smallest absolute Gasteiger partial charge is 0.320 e. The fraction of sp³-hybridized carbons (Fsp3) is 0.231. The van der Waals surface area contributed by atoms with Gasteiger partial charge in [-0.1, -0.05) is 0 Å². The minimum Gasteiger partial charge on any atom is -0.508 e. The van der Waals surface area contributed by atoms with Gasteiger partial charge in [-0.3, -0.25) is 14.2 Å². The second kappa shape index (κ2) is 4.74. The first-order valence-electron chi connectivity index (χ1n) is 5.72. The van der Waals surface area contributed by atoms with E-state index in [1.807, 2.05) is 0 Å². The van der Waals surface area contributed by atoms with Crippen LogP contribution in [0.15, 0.2) is 24.4 Å². The highest BCUT2D eigenvalue weighted by Crippen LogP contribution is 2.26. The van der Waals surface area contributed by atoms with E-state index in [9.17, 15) is 14.7 Å². The van der Waals surface area contributed by atoms with Crippen LogP contribution in [0.4, 0.5) is 0 Å². The van der Waals surface area contributed by atoms with Gasteiger partial charge in [0.05, 0.1) is 5.52 Å². The fourth-order valence-corrected chi connectivity index (χ4v) is 2.03. The summed E-state index contributed by atoms with van der Waals surface area (Å²) in [4.78, 5) is 22.3. The summed E-state index contributed by atoms with van der Waals surface area (Å²) in [6.45, 7) is 1.41. The minimum absolute atomic E-state index is 0.0546. The van der Waals surface area contributed by atoms with E-state index in [0.29, 0.717) is 16.5 Å². The average Bonchev–Trinajstić information content (AvgIpc) is 2.67. The minimum atomic E-state index is -1.11. The van der Waals surface area contributed by atoms with Crippen molar-refractivity contribution < 1.29 is 19.8 Å². The van der Waals surface area contributed by atoms with Crippen molar-refractivity contribution in [3.63, 3.8) is 0 Å². The molecule has 0 aliphatic heterocycles. The molecule has 1 atom stereocenters. The molecule has 0 aliphatic carbocycles. The van der Waals surface area contributed by atoms with Gasteiger partial charge in [-0.25, -0.2) is 0 Å². The summed E-state index contributed by atoms with van der Waals surface area (Å²) in [5, 5.41) is 19.0. The van der Waals surface area contributed by atoms with E-state index in [4.69, 9.17) is 10.8 Å². The molecule has 100 valence electrons. The lowest BCUT2D eigenvalue weighted by molar-refractivity contribution is -0.138. The highest BCUT2D eigenvalue weighted by Gasteiger charge is 2.17. The van der Waals surface area contributed by atoms with E-state index in [1.165, 1.54) is 23.6 Å². The molecule has 1 unspecified atom stereocenters. The molecule has 2 rings (SSSR count). The van der Waals surface area contributed by atoms with Gasteiger partial charge in [-0.2, -0.15) is 0 Å². The van der Waals surface area contributed by atoms with Gasteiger partial charge >= 0.3 is 5.97 Å². The number of nitrogens with zero attached hydrogens (tertiary/aromatic N) is 1. The van der Waals surface area contributed by atoms with Crippen molar-refractivity contribution in [2.45, 2.75) is 19.4 Å². The summed E-state index contributed by atoms with van der Waals surface area (Å²) in [7, 11) is 0. The maximum absolute atomic E-state index is 11.5. The molecular weight excluding hydrogens is 248 g/mol. The number of aromatic hydroxyl groups is 1. The second-order valence-electron chi connectivity index (χ2n) is 4.39. The number of phenolic OH excluding ortho intramolecular Hbond substituents is 1. The summed E-state index contributed by atoms with van der Waals surface area (Å²) in [5.41, 5.74) is 6.75. The first-order valence-corrected chi connectivity index (χ1v) is 5.72. The van der Waals surface area contributed by atoms with E-state index < -0.39 is 12.0 Å². The zero-order chi connectivity index (χ0) is 14.2. The lowest BCUT2D eigenvalue weighted by atomic mass is 10.1. The van der Waals surface area contributed by atoms with Gasteiger partial charge in [-0.15, -0.1) is 0 Å². The summed E-state index contributed by atoms with van der Waals surface area (Å²) in [5.74, 6) is -1.24. The SMILES string of the molecule is CC(=O)n1cc(CC(N)C(=O)O)c2cc(O)ccc21. The van der Waals surface area contributed by atoms with Gasteiger partial charge in [0.1, 0.15) is 11.8 Å². The Morgan fingerprint density at radius 3 is 2.68 bits per heavy atom. The summed E-state index contributed by atoms with van der Waals surface area (Å²) >= 11 is 0. The van der Waals surface area contributed by atoms with Crippen LogP contribution in [0.3, 0.4) is 0 Å². The van der Waals surface area contributed by atoms with Crippen molar-refractivity contribution in [1.82, 2.24) is 4.57 Å². The highest BCUT2D eigenvalue weighted by molar-refractivity contribution is 5.94. The van der Waals surface area contributed by atoms with Crippen LogP contribution in [-0.4, -0.2) is 32.7 Å². The average molecular weight is 262 g/mol. The quantitative estimate of drug-likeness (QED) is 0.764. The first kappa shape index (κ1) is 13.1. The number of phenols is 1. The van der Waals surface area contributed by atoms with Gasteiger partial charge in [0.2, 0.25) is 5.91 Å². The predicted molar refractivity (Wildman–Crippen MR) is 69.2 cm³/mol. The number of rotatable bonds is 3. The lowest BCUT2D eigenvalue weighted by Crippen LogP contribution is -2.32. The van der Waals surface area contributed by atoms with Crippen LogP contribution < -0.4 is 5.73 Å². The van der Waals surface area contributed by atoms with E-state index >= 15 is 0 Å². The van der Waals surface area contributed by atoms with Gasteiger partial charge in [-0.05, 0) is 23.8 Å². The molecule has 0 spiro atoms. The molecular formula is C13H14N2O4. The van der Waals surface area contributed by atoms with Crippen LogP contribution in [0.25, 0.3) is 10.9 Å². The van der Waals surface area contributed by atoms with Crippen molar-refractivity contribution in [2.24, 2.45) is 5.73 Å². The van der Waals surface area contributed by atoms with Crippen LogP contribution in [0.1, 0.15) is 17.3 Å². The zero-order valence-corrected chi connectivity index (χ0v) is 10.3. The number of carboxylic acids is 1. The monoisotopic (exact) mass is 262 g/mol. The zero-order valence-electron chi connectivity index (χ0n) is 10.3. The molecule has 0 fully saturated rings. The third kappa shape index (κ3) is 2.43. The number of carbonyl (C=O) groups is 2. The Morgan fingerprint density at radius 1 is 1.42 bits per heavy atom. The van der Waals surface area contributed by atoms with E-state index in [1.54, 1.807) is 12.3 Å². The van der Waals surface area contributed by atoms with Gasteiger partial charge in [0.25, 0.3) is 0 Å². The van der Waals surface area contributed by atoms with Crippen molar-refractivity contribution in [1.29, 1.82) is 0 Å². The Morgan fingerprint density at radius 2 is 2.11 bits per heavy atom. The van der Waals surface area contributed by atoms with E-state index in [-0.39, 0.29) is 18.1 Å². The first-order chi connectivity index (χ1) is 8.90. The summed E-state index contributed by atoms with van der Waals surface area (Å²) in [6.07, 6.45) is 1.66. The molecule has 6 nitrogen and oxygen atoms in total. The number of fused-ring (bicyclic) bond motifs is 1. The number of hydrogen-bond donors (Lipinski definition) is 3. The lowest BCUT2D eigenvalue weighted by Gasteiger charge is -2.04. The number of aromatic nitrogens is 1. The van der Waals surface area contributed by atoms with Crippen LogP contribution in [0, 0.1) is 0 Å². The topological polar surface area (TPSA) is 106 Å². The number of benzene rings is 1. The standard InChI is InChI=1S/C13H14N2O4/c1-7(16)15-6-8(4-11(14)13(18)19)10-5-9(17)2-3-12(10)15/h2-3,5-6,11,17H,4,14H2,1H3,(H,18,19). The van der Waals surface area contributed by atoms with Gasteiger partial charge < -0.3 is 15.9 Å². The number of nitrogens with two attached hydrogens (primary N) is 1. The Bertz CT molecular complexity index is 660. The second-order valence-corrected chi connectivity index (χ2v) is 4.39. The molecule has 0 bridgehead atoms. The van der Waals surface area contributed by atoms with Crippen molar-refractivity contribution >= 4 is 22.8 Å². The third-order valence-electron chi connectivity index (χ3n) is 2.97. The van der Waals surface area contributed by atoms with Crippen molar-refractivity contribution in [2.75, 3.05) is 0 Å². The maximum atomic E-state index is 11.5. The molecule has 19 heavy (non-hydrogen) atoms. The van der Waals surface area contributed by atoms with Gasteiger partial charge in [0, 0.05) is 24.9 Å². The normalized spacial score (nSPS) is 12.5. The molecule has 0 amide bonds. The van der Waals surface area contributed by atoms with Crippen LogP contribution in [-0.2, 0) is 11.2 Å². The van der Waals surface area contributed by atoms with E-state index in [0.717, 1.165) is 0 Å². The molecule has 1 aromatic heterocycles. The Labute approximate surface area is 109 Å². The largest absolute Gasteiger partial charge is 0.508 e. The maximum Gasteiger partial charge on any atom is 0.320 e. The molecule has 0 saturated carbocycles. The van der Waals surface area contributed by atoms with Crippen LogP contribution in [0.2, 0.25) is 0 Å². The molecule has 0 aliphatic rings. The Kier molecular flexibility index (Phi) is 3.26.